The molecule has 1 aromatic carbocycles. The van der Waals surface area contributed by atoms with Crippen molar-refractivity contribution in [2.24, 2.45) is 0 Å². The van der Waals surface area contributed by atoms with Crippen LogP contribution in [0, 0.1) is 0 Å². The lowest BCUT2D eigenvalue weighted by molar-refractivity contribution is -0.117. The van der Waals surface area contributed by atoms with Gasteiger partial charge in [0.15, 0.2) is 11.6 Å². The monoisotopic (exact) mass is 311 g/mol. The molecule has 1 amide bonds. The van der Waals surface area contributed by atoms with Crippen LogP contribution in [0.25, 0.3) is 0 Å². The summed E-state index contributed by atoms with van der Waals surface area (Å²) >= 11 is 0. The van der Waals surface area contributed by atoms with Gasteiger partial charge >= 0.3 is 0 Å². The van der Waals surface area contributed by atoms with Crippen molar-refractivity contribution >= 4 is 23.2 Å². The molecule has 0 radical (unpaired) electrons. The van der Waals surface area contributed by atoms with Crippen LogP contribution in [0.15, 0.2) is 52.6 Å². The SMILES string of the molecule is CC1=C(C)C(=O)C(CCCC(=O)Nc2ccccc2)=C(C)C1=O. The fourth-order valence-electron chi connectivity index (χ4n) is 2.63. The van der Waals surface area contributed by atoms with Crippen molar-refractivity contribution in [2.45, 2.75) is 40.0 Å². The molecule has 120 valence electrons. The lowest BCUT2D eigenvalue weighted by Gasteiger charge is -2.18. The molecule has 4 heteroatoms. The Hall–Kier alpha value is -2.49. The highest BCUT2D eigenvalue weighted by molar-refractivity contribution is 6.24. The number of nitrogens with one attached hydrogen (secondary N) is 1. The summed E-state index contributed by atoms with van der Waals surface area (Å²) in [6, 6.07) is 9.24. The van der Waals surface area contributed by atoms with Crippen LogP contribution in [-0.4, -0.2) is 17.5 Å². The molecule has 0 fully saturated rings. The van der Waals surface area contributed by atoms with E-state index in [2.05, 4.69) is 5.32 Å². The minimum absolute atomic E-state index is 0.0640. The molecule has 0 bridgehead atoms. The van der Waals surface area contributed by atoms with E-state index in [1.54, 1.807) is 20.8 Å². The first-order chi connectivity index (χ1) is 10.9. The number of ketones is 2. The summed E-state index contributed by atoms with van der Waals surface area (Å²) in [5, 5.41) is 2.81. The summed E-state index contributed by atoms with van der Waals surface area (Å²) in [6.45, 7) is 5.06. The third kappa shape index (κ3) is 3.83. The molecule has 1 aliphatic rings. The van der Waals surface area contributed by atoms with Crippen LogP contribution >= 0.6 is 0 Å². The third-order valence-corrected chi connectivity index (χ3v) is 4.20. The van der Waals surface area contributed by atoms with Crippen molar-refractivity contribution in [2.75, 3.05) is 5.32 Å². The van der Waals surface area contributed by atoms with Crippen molar-refractivity contribution in [1.29, 1.82) is 0 Å². The Morgan fingerprint density at radius 2 is 1.52 bits per heavy atom. The van der Waals surface area contributed by atoms with Gasteiger partial charge in [0, 0.05) is 34.4 Å². The minimum Gasteiger partial charge on any atom is -0.326 e. The normalized spacial score (nSPS) is 15.3. The first-order valence-electron chi connectivity index (χ1n) is 7.73. The number of carbonyl (C=O) groups is 3. The van der Waals surface area contributed by atoms with Crippen LogP contribution < -0.4 is 5.32 Å². The molecule has 23 heavy (non-hydrogen) atoms. The van der Waals surface area contributed by atoms with E-state index in [1.807, 2.05) is 30.3 Å². The number of rotatable bonds is 5. The number of amides is 1. The summed E-state index contributed by atoms with van der Waals surface area (Å²) in [4.78, 5) is 36.3. The molecule has 2 rings (SSSR count). The number of allylic oxidation sites excluding steroid dienone is 4. The van der Waals surface area contributed by atoms with Gasteiger partial charge in [-0.1, -0.05) is 18.2 Å². The topological polar surface area (TPSA) is 63.2 Å². The quantitative estimate of drug-likeness (QED) is 0.845. The number of hydrogen-bond acceptors (Lipinski definition) is 3. The van der Waals surface area contributed by atoms with E-state index in [0.29, 0.717) is 41.6 Å². The molecule has 0 unspecified atom stereocenters. The summed E-state index contributed by atoms with van der Waals surface area (Å²) in [6.07, 6.45) is 1.30. The Morgan fingerprint density at radius 1 is 0.913 bits per heavy atom. The zero-order valence-electron chi connectivity index (χ0n) is 13.7. The smallest absolute Gasteiger partial charge is 0.224 e. The van der Waals surface area contributed by atoms with Gasteiger partial charge in [0.25, 0.3) is 0 Å². The molecular formula is C19H21NO3. The fraction of sp³-hybridized carbons (Fsp3) is 0.316. The van der Waals surface area contributed by atoms with Gasteiger partial charge in [-0.15, -0.1) is 0 Å². The predicted molar refractivity (Wildman–Crippen MR) is 90.0 cm³/mol. The molecule has 0 saturated heterocycles. The highest BCUT2D eigenvalue weighted by atomic mass is 16.2. The van der Waals surface area contributed by atoms with E-state index in [-0.39, 0.29) is 17.5 Å². The predicted octanol–water partition coefficient (Wildman–Crippen LogP) is 3.60. The standard InChI is InChI=1S/C19H21NO3/c1-12-13(2)19(23)16(14(3)18(12)22)10-7-11-17(21)20-15-8-5-4-6-9-15/h4-6,8-9H,7,10-11H2,1-3H3,(H,20,21). The average molecular weight is 311 g/mol. The van der Waals surface area contributed by atoms with Gasteiger partial charge < -0.3 is 5.32 Å². The van der Waals surface area contributed by atoms with Crippen molar-refractivity contribution in [3.63, 3.8) is 0 Å². The molecule has 4 nitrogen and oxygen atoms in total. The molecule has 0 spiro atoms. The van der Waals surface area contributed by atoms with Crippen LogP contribution in [0.5, 0.6) is 0 Å². The zero-order valence-corrected chi connectivity index (χ0v) is 13.7. The van der Waals surface area contributed by atoms with E-state index in [4.69, 9.17) is 0 Å². The van der Waals surface area contributed by atoms with Crippen LogP contribution in [0.1, 0.15) is 40.0 Å². The van der Waals surface area contributed by atoms with Gasteiger partial charge in [-0.25, -0.2) is 0 Å². The maximum atomic E-state index is 12.3. The molecule has 1 N–H and O–H groups in total. The van der Waals surface area contributed by atoms with E-state index in [9.17, 15) is 14.4 Å². The Bertz CT molecular complexity index is 711. The van der Waals surface area contributed by atoms with E-state index in [0.717, 1.165) is 5.69 Å². The number of benzene rings is 1. The average Bonchev–Trinajstić information content (AvgIpc) is 2.55. The highest BCUT2D eigenvalue weighted by Gasteiger charge is 2.27. The zero-order chi connectivity index (χ0) is 17.0. The van der Waals surface area contributed by atoms with E-state index in [1.165, 1.54) is 0 Å². The molecule has 0 saturated carbocycles. The van der Waals surface area contributed by atoms with E-state index < -0.39 is 0 Å². The maximum absolute atomic E-state index is 12.3. The Morgan fingerprint density at radius 3 is 2.17 bits per heavy atom. The number of Topliss-reactive ketones (excluding diaryl/α,β-unsaturated/α-hetero) is 2. The van der Waals surface area contributed by atoms with Gasteiger partial charge in [0.2, 0.25) is 5.91 Å². The molecule has 0 aromatic heterocycles. The summed E-state index contributed by atoms with van der Waals surface area (Å²) in [7, 11) is 0. The van der Waals surface area contributed by atoms with Crippen LogP contribution in [0.3, 0.4) is 0 Å². The minimum atomic E-state index is -0.0903. The molecule has 0 heterocycles. The van der Waals surface area contributed by atoms with Crippen LogP contribution in [0.2, 0.25) is 0 Å². The Labute approximate surface area is 136 Å². The van der Waals surface area contributed by atoms with Crippen LogP contribution in [-0.2, 0) is 14.4 Å². The maximum Gasteiger partial charge on any atom is 0.224 e. The first kappa shape index (κ1) is 16.9. The van der Waals surface area contributed by atoms with Crippen LogP contribution in [0.4, 0.5) is 5.69 Å². The summed E-state index contributed by atoms with van der Waals surface area (Å²) < 4.78 is 0. The summed E-state index contributed by atoms with van der Waals surface area (Å²) in [5.74, 6) is -0.221. The van der Waals surface area contributed by atoms with Gasteiger partial charge in [-0.3, -0.25) is 14.4 Å². The van der Waals surface area contributed by atoms with Crippen molar-refractivity contribution < 1.29 is 14.4 Å². The largest absolute Gasteiger partial charge is 0.326 e. The molecular weight excluding hydrogens is 290 g/mol. The highest BCUT2D eigenvalue weighted by Crippen LogP contribution is 2.27. The molecule has 1 aromatic rings. The van der Waals surface area contributed by atoms with Crippen molar-refractivity contribution in [3.8, 4) is 0 Å². The third-order valence-electron chi connectivity index (χ3n) is 4.20. The van der Waals surface area contributed by atoms with Gasteiger partial charge in [0.1, 0.15) is 0 Å². The second-order valence-corrected chi connectivity index (χ2v) is 5.78. The first-order valence-corrected chi connectivity index (χ1v) is 7.73. The fourth-order valence-corrected chi connectivity index (χ4v) is 2.63. The Kier molecular flexibility index (Phi) is 5.27. The van der Waals surface area contributed by atoms with Crippen molar-refractivity contribution in [3.05, 3.63) is 52.6 Å². The van der Waals surface area contributed by atoms with Crippen molar-refractivity contribution in [1.82, 2.24) is 0 Å². The molecule has 0 aliphatic heterocycles. The number of para-hydroxylation sites is 1. The van der Waals surface area contributed by atoms with Gasteiger partial charge in [-0.2, -0.15) is 0 Å². The molecule has 0 atom stereocenters. The number of carbonyl (C=O) groups excluding carboxylic acids is 3. The Balaban J connectivity index is 1.92. The number of anilines is 1. The lowest BCUT2D eigenvalue weighted by atomic mass is 9.84. The van der Waals surface area contributed by atoms with E-state index >= 15 is 0 Å². The molecule has 1 aliphatic carbocycles. The van der Waals surface area contributed by atoms with Gasteiger partial charge in [0.05, 0.1) is 0 Å². The number of hydrogen-bond donors (Lipinski definition) is 1. The second kappa shape index (κ2) is 7.18. The van der Waals surface area contributed by atoms with Gasteiger partial charge in [-0.05, 0) is 45.7 Å². The second-order valence-electron chi connectivity index (χ2n) is 5.78. The summed E-state index contributed by atoms with van der Waals surface area (Å²) in [5.41, 5.74) is 2.86. The lowest BCUT2D eigenvalue weighted by Crippen LogP contribution is -2.21.